The Morgan fingerprint density at radius 1 is 1.18 bits per heavy atom. The number of carbonyl (C=O) groups is 1. The molecular weight excluding hydrogens is 386 g/mol. The molecule has 0 saturated carbocycles. The summed E-state index contributed by atoms with van der Waals surface area (Å²) in [5.41, 5.74) is 1.27. The number of esters is 1. The molecule has 0 amide bonds. The van der Waals surface area contributed by atoms with Crippen LogP contribution in [0.4, 0.5) is 5.69 Å². The molecule has 9 heteroatoms. The van der Waals surface area contributed by atoms with Crippen LogP contribution in [-0.2, 0) is 9.53 Å². The summed E-state index contributed by atoms with van der Waals surface area (Å²) in [4.78, 5) is 22.2. The lowest BCUT2D eigenvalue weighted by molar-refractivity contribution is -0.384. The Labute approximate surface area is 164 Å². The zero-order chi connectivity index (χ0) is 20.1. The fourth-order valence-corrected chi connectivity index (χ4v) is 2.37. The quantitative estimate of drug-likeness (QED) is 0.257. The van der Waals surface area contributed by atoms with Crippen molar-refractivity contribution in [2.45, 2.75) is 13.0 Å². The monoisotopic (exact) mass is 399 g/mol. The molecule has 28 heavy (non-hydrogen) atoms. The number of non-ortho nitro benzene ring substituents is 1. The first kappa shape index (κ1) is 19.2. The maximum atomic E-state index is 12.0. The van der Waals surface area contributed by atoms with Gasteiger partial charge in [-0.3, -0.25) is 10.1 Å². The maximum Gasteiger partial charge on any atom is 0.331 e. The van der Waals surface area contributed by atoms with E-state index in [9.17, 15) is 14.9 Å². The Kier molecular flexibility index (Phi) is 5.81. The molecule has 0 unspecified atom stereocenters. The van der Waals surface area contributed by atoms with Gasteiger partial charge in [-0.05, 0) is 42.8 Å². The number of aromatic nitrogens is 2. The smallest absolute Gasteiger partial charge is 0.331 e. The first-order valence-electron chi connectivity index (χ1n) is 8.15. The largest absolute Gasteiger partial charge is 0.449 e. The zero-order valence-electron chi connectivity index (χ0n) is 14.6. The minimum absolute atomic E-state index is 0.0433. The first-order chi connectivity index (χ1) is 13.4. The normalized spacial score (nSPS) is 12.1. The van der Waals surface area contributed by atoms with E-state index >= 15 is 0 Å². The van der Waals surface area contributed by atoms with Crippen LogP contribution in [0.2, 0.25) is 5.02 Å². The number of benzene rings is 2. The van der Waals surface area contributed by atoms with Gasteiger partial charge in [0.25, 0.3) is 11.6 Å². The summed E-state index contributed by atoms with van der Waals surface area (Å²) in [5, 5.41) is 19.1. The highest BCUT2D eigenvalue weighted by molar-refractivity contribution is 6.30. The fraction of sp³-hybridized carbons (Fsp3) is 0.105. The van der Waals surface area contributed by atoms with Gasteiger partial charge in [0.2, 0.25) is 5.89 Å². The molecule has 3 aromatic rings. The van der Waals surface area contributed by atoms with Gasteiger partial charge >= 0.3 is 5.97 Å². The van der Waals surface area contributed by atoms with E-state index in [2.05, 4.69) is 10.2 Å². The molecule has 0 spiro atoms. The second-order valence-corrected chi connectivity index (χ2v) is 6.15. The van der Waals surface area contributed by atoms with Crippen LogP contribution in [0.5, 0.6) is 0 Å². The number of nitro groups is 1. The van der Waals surface area contributed by atoms with Crippen molar-refractivity contribution in [2.24, 2.45) is 0 Å². The minimum atomic E-state index is -0.762. The van der Waals surface area contributed by atoms with Crippen molar-refractivity contribution in [3.8, 4) is 11.5 Å². The summed E-state index contributed by atoms with van der Waals surface area (Å²) in [5.74, 6) is -0.288. The van der Waals surface area contributed by atoms with Gasteiger partial charge in [0, 0.05) is 28.8 Å². The lowest BCUT2D eigenvalue weighted by Gasteiger charge is -2.06. The van der Waals surface area contributed by atoms with Crippen LogP contribution in [0.25, 0.3) is 17.5 Å². The minimum Gasteiger partial charge on any atom is -0.449 e. The fourth-order valence-electron chi connectivity index (χ4n) is 2.24. The van der Waals surface area contributed by atoms with Gasteiger partial charge in [0.15, 0.2) is 6.10 Å². The number of carbonyl (C=O) groups excluding carboxylic acids is 1. The molecule has 0 aliphatic carbocycles. The summed E-state index contributed by atoms with van der Waals surface area (Å²) in [6.07, 6.45) is 2.12. The molecule has 0 N–H and O–H groups in total. The summed E-state index contributed by atoms with van der Waals surface area (Å²) in [6.45, 7) is 1.60. The van der Waals surface area contributed by atoms with Crippen LogP contribution >= 0.6 is 11.6 Å². The van der Waals surface area contributed by atoms with Crippen LogP contribution in [0, 0.1) is 10.1 Å². The van der Waals surface area contributed by atoms with Crippen molar-refractivity contribution in [1.82, 2.24) is 10.2 Å². The third kappa shape index (κ3) is 4.80. The Balaban J connectivity index is 1.63. The van der Waals surface area contributed by atoms with E-state index in [1.807, 2.05) is 0 Å². The van der Waals surface area contributed by atoms with E-state index in [1.165, 1.54) is 30.3 Å². The highest BCUT2D eigenvalue weighted by atomic mass is 35.5. The van der Waals surface area contributed by atoms with Gasteiger partial charge in [-0.2, -0.15) is 0 Å². The average Bonchev–Trinajstić information content (AvgIpc) is 3.18. The molecule has 3 rings (SSSR count). The van der Waals surface area contributed by atoms with Gasteiger partial charge in [0.05, 0.1) is 4.92 Å². The number of nitro benzene ring substituents is 1. The van der Waals surface area contributed by atoms with E-state index in [0.29, 0.717) is 10.6 Å². The third-order valence-electron chi connectivity index (χ3n) is 3.69. The van der Waals surface area contributed by atoms with E-state index < -0.39 is 17.0 Å². The second-order valence-electron chi connectivity index (χ2n) is 5.71. The molecule has 0 saturated heterocycles. The Bertz CT molecular complexity index is 1010. The van der Waals surface area contributed by atoms with Crippen LogP contribution in [0.15, 0.2) is 59.0 Å². The summed E-state index contributed by atoms with van der Waals surface area (Å²) >= 11 is 5.81. The lowest BCUT2D eigenvalue weighted by atomic mass is 10.2. The third-order valence-corrected chi connectivity index (χ3v) is 3.94. The molecule has 1 heterocycles. The molecule has 0 aliphatic heterocycles. The topological polar surface area (TPSA) is 108 Å². The lowest BCUT2D eigenvalue weighted by Crippen LogP contribution is -2.06. The van der Waals surface area contributed by atoms with Gasteiger partial charge in [-0.1, -0.05) is 23.7 Å². The number of rotatable bonds is 6. The van der Waals surface area contributed by atoms with Gasteiger partial charge in [-0.15, -0.1) is 10.2 Å². The summed E-state index contributed by atoms with van der Waals surface area (Å²) < 4.78 is 10.7. The number of hydrogen-bond acceptors (Lipinski definition) is 7. The Hall–Kier alpha value is -3.52. The van der Waals surface area contributed by atoms with E-state index in [-0.39, 0.29) is 17.5 Å². The molecule has 1 atom stereocenters. The molecule has 0 aliphatic rings. The van der Waals surface area contributed by atoms with Crippen molar-refractivity contribution in [1.29, 1.82) is 0 Å². The van der Waals surface area contributed by atoms with Crippen LogP contribution in [0.3, 0.4) is 0 Å². The molecule has 2 aromatic carbocycles. The molecule has 0 bridgehead atoms. The highest BCUT2D eigenvalue weighted by Gasteiger charge is 2.18. The Morgan fingerprint density at radius 3 is 2.50 bits per heavy atom. The number of hydrogen-bond donors (Lipinski definition) is 0. The second kappa shape index (κ2) is 8.45. The molecule has 0 radical (unpaired) electrons. The van der Waals surface area contributed by atoms with Crippen LogP contribution in [0.1, 0.15) is 24.5 Å². The maximum absolute atomic E-state index is 12.0. The standard InChI is InChI=1S/C19H14ClN3O5/c1-12(27-17(24)11-4-13-2-7-15(20)8-3-13)18-21-22-19(28-18)14-5-9-16(10-6-14)23(25)26/h2-12H,1H3/b11-4+/t12-/m0/s1. The number of nitrogens with zero attached hydrogens (tertiary/aromatic N) is 3. The Morgan fingerprint density at radius 2 is 1.86 bits per heavy atom. The first-order valence-corrected chi connectivity index (χ1v) is 8.52. The van der Waals surface area contributed by atoms with Crippen LogP contribution < -0.4 is 0 Å². The van der Waals surface area contributed by atoms with E-state index in [1.54, 1.807) is 37.3 Å². The molecule has 8 nitrogen and oxygen atoms in total. The van der Waals surface area contributed by atoms with Crippen molar-refractivity contribution >= 4 is 29.3 Å². The molecule has 0 fully saturated rings. The molecule has 142 valence electrons. The van der Waals surface area contributed by atoms with Crippen molar-refractivity contribution in [3.05, 3.63) is 81.2 Å². The molecule has 1 aromatic heterocycles. The van der Waals surface area contributed by atoms with E-state index in [0.717, 1.165) is 5.56 Å². The summed E-state index contributed by atoms with van der Waals surface area (Å²) in [7, 11) is 0. The number of halogens is 1. The zero-order valence-corrected chi connectivity index (χ0v) is 15.4. The van der Waals surface area contributed by atoms with Gasteiger partial charge in [0.1, 0.15) is 0 Å². The molecular formula is C19H14ClN3O5. The van der Waals surface area contributed by atoms with E-state index in [4.69, 9.17) is 20.8 Å². The number of ether oxygens (including phenoxy) is 1. The van der Waals surface area contributed by atoms with Crippen LogP contribution in [-0.4, -0.2) is 21.1 Å². The van der Waals surface area contributed by atoms with Crippen molar-refractivity contribution < 1.29 is 18.9 Å². The van der Waals surface area contributed by atoms with Crippen molar-refractivity contribution in [2.75, 3.05) is 0 Å². The summed E-state index contributed by atoms with van der Waals surface area (Å²) in [6, 6.07) is 12.6. The van der Waals surface area contributed by atoms with Crippen molar-refractivity contribution in [3.63, 3.8) is 0 Å². The van der Waals surface area contributed by atoms with Gasteiger partial charge in [-0.25, -0.2) is 4.79 Å². The highest BCUT2D eigenvalue weighted by Crippen LogP contribution is 2.24. The average molecular weight is 400 g/mol. The van der Waals surface area contributed by atoms with Gasteiger partial charge < -0.3 is 9.15 Å². The predicted octanol–water partition coefficient (Wildman–Crippen LogP) is 4.62. The predicted molar refractivity (Wildman–Crippen MR) is 101 cm³/mol. The SMILES string of the molecule is C[C@H](OC(=O)/C=C/c1ccc(Cl)cc1)c1nnc(-c2ccc([N+](=O)[O-])cc2)o1.